The number of hydrogen-bond donors (Lipinski definition) is 0. The minimum absolute atomic E-state index is 0.177. The van der Waals surface area contributed by atoms with E-state index in [1.54, 1.807) is 0 Å². The summed E-state index contributed by atoms with van der Waals surface area (Å²) in [6.45, 7) is 3.95. The zero-order chi connectivity index (χ0) is 12.4. The Balaban J connectivity index is 2.46. The third kappa shape index (κ3) is 2.36. The highest BCUT2D eigenvalue weighted by atomic mass is 32.1. The molecular weight excluding hydrogens is 232 g/mol. The van der Waals surface area contributed by atoms with Crippen LogP contribution < -0.4 is 4.80 Å². The maximum Gasteiger partial charge on any atom is 0.279 e. The molecule has 0 saturated carbocycles. The van der Waals surface area contributed by atoms with Gasteiger partial charge in [0, 0.05) is 24.2 Å². The molecule has 1 amide bonds. The van der Waals surface area contributed by atoms with Gasteiger partial charge in [0.1, 0.15) is 0 Å². The van der Waals surface area contributed by atoms with Crippen molar-refractivity contribution >= 4 is 17.2 Å². The number of benzene rings is 1. The quantitative estimate of drug-likeness (QED) is 0.761. The molecule has 0 unspecified atom stereocenters. The average Bonchev–Trinajstić information content (AvgIpc) is 2.68. The van der Waals surface area contributed by atoms with E-state index in [9.17, 15) is 4.79 Å². The Morgan fingerprint density at radius 3 is 2.76 bits per heavy atom. The van der Waals surface area contributed by atoms with Gasteiger partial charge in [-0.15, -0.1) is 11.3 Å². The van der Waals surface area contributed by atoms with Gasteiger partial charge < -0.3 is 4.57 Å². The molecule has 0 aliphatic rings. The summed E-state index contributed by atoms with van der Waals surface area (Å²) in [5.41, 5.74) is 2.79. The normalized spacial score (nSPS) is 11.8. The van der Waals surface area contributed by atoms with Crippen molar-refractivity contribution in [3.63, 3.8) is 0 Å². The summed E-state index contributed by atoms with van der Waals surface area (Å²) in [6, 6.07) is 5.71. The van der Waals surface area contributed by atoms with E-state index in [1.165, 1.54) is 11.3 Å². The summed E-state index contributed by atoms with van der Waals surface area (Å²) in [6.07, 6.45) is 1.89. The summed E-state index contributed by atoms with van der Waals surface area (Å²) in [4.78, 5) is 16.9. The van der Waals surface area contributed by atoms with Crippen molar-refractivity contribution in [2.24, 2.45) is 12.0 Å². The van der Waals surface area contributed by atoms with Crippen molar-refractivity contribution in [3.8, 4) is 0 Å². The first kappa shape index (κ1) is 11.8. The molecule has 0 fully saturated rings. The van der Waals surface area contributed by atoms with Crippen LogP contribution in [0.25, 0.3) is 0 Å². The molecule has 2 rings (SSSR count). The Morgan fingerprint density at radius 2 is 2.12 bits per heavy atom. The number of thiazole rings is 1. The fourth-order valence-corrected chi connectivity index (χ4v) is 2.29. The monoisotopic (exact) mass is 246 g/mol. The second-order valence-electron chi connectivity index (χ2n) is 3.96. The molecule has 0 radical (unpaired) electrons. The first-order valence-electron chi connectivity index (χ1n) is 5.35. The van der Waals surface area contributed by atoms with Gasteiger partial charge in [-0.05, 0) is 31.0 Å². The maximum absolute atomic E-state index is 12.1. The Hall–Kier alpha value is -1.68. The van der Waals surface area contributed by atoms with Crippen molar-refractivity contribution in [3.05, 3.63) is 51.3 Å². The fraction of sp³-hybridized carbons (Fsp3) is 0.231. The molecule has 0 aliphatic carbocycles. The first-order valence-corrected chi connectivity index (χ1v) is 6.23. The lowest BCUT2D eigenvalue weighted by Gasteiger charge is -2.03. The van der Waals surface area contributed by atoms with E-state index in [2.05, 4.69) is 4.99 Å². The van der Waals surface area contributed by atoms with Crippen LogP contribution in [0.1, 0.15) is 21.5 Å². The number of hydrogen-bond acceptors (Lipinski definition) is 2. The van der Waals surface area contributed by atoms with Crippen molar-refractivity contribution in [1.29, 1.82) is 0 Å². The minimum Gasteiger partial charge on any atom is -0.327 e. The van der Waals surface area contributed by atoms with E-state index >= 15 is 0 Å². The van der Waals surface area contributed by atoms with Crippen molar-refractivity contribution in [2.75, 3.05) is 0 Å². The van der Waals surface area contributed by atoms with Gasteiger partial charge in [0.2, 0.25) is 0 Å². The van der Waals surface area contributed by atoms with Crippen molar-refractivity contribution in [1.82, 2.24) is 4.57 Å². The molecule has 1 aromatic heterocycles. The van der Waals surface area contributed by atoms with E-state index in [4.69, 9.17) is 0 Å². The highest BCUT2D eigenvalue weighted by Crippen LogP contribution is 2.13. The lowest BCUT2D eigenvalue weighted by molar-refractivity contribution is 0.0997. The zero-order valence-corrected chi connectivity index (χ0v) is 10.9. The predicted octanol–water partition coefficient (Wildman–Crippen LogP) is 2.44. The van der Waals surface area contributed by atoms with E-state index in [0.29, 0.717) is 5.56 Å². The standard InChI is InChI=1S/C13H14N2OS/c1-9-5-4-6-11(10(9)2)12(16)14-13-15(3)7-8-17-13/h4-8H,1-3H3. The third-order valence-corrected chi connectivity index (χ3v) is 3.64. The van der Waals surface area contributed by atoms with E-state index < -0.39 is 0 Å². The molecule has 1 heterocycles. The molecule has 4 heteroatoms. The summed E-state index contributed by atoms with van der Waals surface area (Å²) >= 11 is 1.46. The topological polar surface area (TPSA) is 34.4 Å². The van der Waals surface area contributed by atoms with Crippen molar-refractivity contribution in [2.45, 2.75) is 13.8 Å². The lowest BCUT2D eigenvalue weighted by atomic mass is 10.0. The summed E-state index contributed by atoms with van der Waals surface area (Å²) < 4.78 is 1.84. The Morgan fingerprint density at radius 1 is 1.35 bits per heavy atom. The Labute approximate surface area is 104 Å². The van der Waals surface area contributed by atoms with Crippen LogP contribution >= 0.6 is 11.3 Å². The minimum atomic E-state index is -0.177. The van der Waals surface area contributed by atoms with E-state index in [1.807, 2.05) is 55.2 Å². The molecular formula is C13H14N2OS. The molecule has 88 valence electrons. The second kappa shape index (κ2) is 4.67. The number of aromatic nitrogens is 1. The van der Waals surface area contributed by atoms with Gasteiger partial charge in [0.25, 0.3) is 5.91 Å². The summed E-state index contributed by atoms with van der Waals surface area (Å²) in [5, 5.41) is 1.91. The molecule has 0 aliphatic heterocycles. The molecule has 0 saturated heterocycles. The second-order valence-corrected chi connectivity index (χ2v) is 4.83. The molecule has 2 aromatic rings. The molecule has 0 bridgehead atoms. The van der Waals surface area contributed by atoms with Crippen LogP contribution in [0.2, 0.25) is 0 Å². The average molecular weight is 246 g/mol. The van der Waals surface area contributed by atoms with Crippen LogP contribution in [-0.2, 0) is 7.05 Å². The van der Waals surface area contributed by atoms with E-state index in [-0.39, 0.29) is 5.91 Å². The predicted molar refractivity (Wildman–Crippen MR) is 69.1 cm³/mol. The molecule has 0 N–H and O–H groups in total. The zero-order valence-electron chi connectivity index (χ0n) is 10.1. The molecule has 0 atom stereocenters. The van der Waals surface area contributed by atoms with Crippen LogP contribution in [0.15, 0.2) is 34.8 Å². The maximum atomic E-state index is 12.1. The Kier molecular flexibility index (Phi) is 3.24. The molecule has 1 aromatic carbocycles. The fourth-order valence-electron chi connectivity index (χ4n) is 1.56. The van der Waals surface area contributed by atoms with Gasteiger partial charge >= 0.3 is 0 Å². The van der Waals surface area contributed by atoms with Gasteiger partial charge in [0.15, 0.2) is 4.80 Å². The summed E-state index contributed by atoms with van der Waals surface area (Å²) in [7, 11) is 1.88. The highest BCUT2D eigenvalue weighted by molar-refractivity contribution is 7.07. The molecule has 17 heavy (non-hydrogen) atoms. The number of carbonyl (C=O) groups excluding carboxylic acids is 1. The van der Waals surface area contributed by atoms with Gasteiger partial charge in [-0.3, -0.25) is 4.79 Å². The van der Waals surface area contributed by atoms with Crippen LogP contribution in [0.5, 0.6) is 0 Å². The lowest BCUT2D eigenvalue weighted by Crippen LogP contribution is -2.13. The van der Waals surface area contributed by atoms with Crippen LogP contribution in [-0.4, -0.2) is 10.5 Å². The van der Waals surface area contributed by atoms with Crippen LogP contribution in [0.4, 0.5) is 0 Å². The number of amides is 1. The smallest absolute Gasteiger partial charge is 0.279 e. The molecule has 0 spiro atoms. The SMILES string of the molecule is Cc1cccc(C(=O)N=c2sccn2C)c1C. The van der Waals surface area contributed by atoms with Gasteiger partial charge in [-0.2, -0.15) is 4.99 Å². The number of carbonyl (C=O) groups is 1. The van der Waals surface area contributed by atoms with E-state index in [0.717, 1.165) is 15.9 Å². The molecule has 3 nitrogen and oxygen atoms in total. The van der Waals surface area contributed by atoms with Crippen LogP contribution in [0, 0.1) is 13.8 Å². The Bertz CT molecular complexity index is 622. The number of aryl methyl sites for hydroxylation is 2. The van der Waals surface area contributed by atoms with Crippen LogP contribution in [0.3, 0.4) is 0 Å². The van der Waals surface area contributed by atoms with Crippen molar-refractivity contribution < 1.29 is 4.79 Å². The summed E-state index contributed by atoms with van der Waals surface area (Å²) in [5.74, 6) is -0.177. The first-order chi connectivity index (χ1) is 8.09. The van der Waals surface area contributed by atoms with Gasteiger partial charge in [-0.25, -0.2) is 0 Å². The highest BCUT2D eigenvalue weighted by Gasteiger charge is 2.08. The third-order valence-electron chi connectivity index (χ3n) is 2.79. The number of nitrogens with zero attached hydrogens (tertiary/aromatic N) is 2. The largest absolute Gasteiger partial charge is 0.327 e. The number of rotatable bonds is 1. The van der Waals surface area contributed by atoms with Gasteiger partial charge in [0.05, 0.1) is 0 Å². The van der Waals surface area contributed by atoms with Gasteiger partial charge in [-0.1, -0.05) is 12.1 Å².